The summed E-state index contributed by atoms with van der Waals surface area (Å²) in [6, 6.07) is 11.7. The quantitative estimate of drug-likeness (QED) is 0.795. The second-order valence-electron chi connectivity index (χ2n) is 4.45. The first-order valence-corrected chi connectivity index (χ1v) is 9.42. The van der Waals surface area contributed by atoms with Gasteiger partial charge in [0.15, 0.2) is 0 Å². The highest BCUT2D eigenvalue weighted by Crippen LogP contribution is 2.20. The van der Waals surface area contributed by atoms with Crippen LogP contribution in [0.15, 0.2) is 58.3 Å². The van der Waals surface area contributed by atoms with Crippen molar-refractivity contribution in [3.05, 3.63) is 59.1 Å². The van der Waals surface area contributed by atoms with Crippen LogP contribution >= 0.6 is 11.6 Å². The van der Waals surface area contributed by atoms with E-state index in [1.807, 2.05) is 16.6 Å². The van der Waals surface area contributed by atoms with Crippen molar-refractivity contribution in [2.45, 2.75) is 16.7 Å². The molecule has 0 saturated heterocycles. The average molecular weight is 361 g/mol. The SMILES string of the molecule is Cc1ccc(S(=O)(=O)NNS(=O)(=O)c2ccccc2Cl)cc1. The van der Waals surface area contributed by atoms with E-state index < -0.39 is 20.0 Å². The molecule has 22 heavy (non-hydrogen) atoms. The lowest BCUT2D eigenvalue weighted by Gasteiger charge is -2.10. The van der Waals surface area contributed by atoms with Gasteiger partial charge in [-0.25, -0.2) is 16.8 Å². The molecule has 2 aromatic carbocycles. The Morgan fingerprint density at radius 1 is 0.818 bits per heavy atom. The Hall–Kier alpha value is -1.45. The summed E-state index contributed by atoms with van der Waals surface area (Å²) in [7, 11) is -8.13. The maximum absolute atomic E-state index is 12.1. The summed E-state index contributed by atoms with van der Waals surface area (Å²) in [6.45, 7) is 1.81. The van der Waals surface area contributed by atoms with Crippen molar-refractivity contribution in [2.75, 3.05) is 0 Å². The first-order chi connectivity index (χ1) is 10.2. The van der Waals surface area contributed by atoms with Crippen LogP contribution in [0.4, 0.5) is 0 Å². The molecule has 2 rings (SSSR count). The number of benzene rings is 2. The van der Waals surface area contributed by atoms with E-state index in [-0.39, 0.29) is 14.8 Å². The minimum absolute atomic E-state index is 0.00969. The van der Waals surface area contributed by atoms with E-state index in [2.05, 4.69) is 0 Å². The Morgan fingerprint density at radius 2 is 1.36 bits per heavy atom. The van der Waals surface area contributed by atoms with E-state index in [1.165, 1.54) is 30.3 Å². The minimum atomic E-state index is -4.11. The van der Waals surface area contributed by atoms with Crippen LogP contribution in [-0.2, 0) is 20.0 Å². The molecular weight excluding hydrogens is 348 g/mol. The summed E-state index contributed by atoms with van der Waals surface area (Å²) < 4.78 is 48.2. The van der Waals surface area contributed by atoms with Gasteiger partial charge in [-0.15, -0.1) is 9.66 Å². The fourth-order valence-corrected chi connectivity index (χ4v) is 4.23. The first kappa shape index (κ1) is 16.9. The summed E-state index contributed by atoms with van der Waals surface area (Å²) in [5, 5.41) is -0.00969. The van der Waals surface area contributed by atoms with Gasteiger partial charge in [-0.1, -0.05) is 41.4 Å². The van der Waals surface area contributed by atoms with Gasteiger partial charge >= 0.3 is 0 Å². The Kier molecular flexibility index (Phi) is 4.88. The molecule has 0 heterocycles. The van der Waals surface area contributed by atoms with Crippen molar-refractivity contribution < 1.29 is 16.8 Å². The highest BCUT2D eigenvalue weighted by atomic mass is 35.5. The third kappa shape index (κ3) is 3.84. The van der Waals surface area contributed by atoms with Gasteiger partial charge in [0.2, 0.25) is 0 Å². The predicted octanol–water partition coefficient (Wildman–Crippen LogP) is 1.82. The zero-order valence-electron chi connectivity index (χ0n) is 11.4. The van der Waals surface area contributed by atoms with Gasteiger partial charge in [0.1, 0.15) is 4.90 Å². The lowest BCUT2D eigenvalue weighted by Crippen LogP contribution is -2.41. The molecule has 2 N–H and O–H groups in total. The van der Waals surface area contributed by atoms with E-state index in [0.717, 1.165) is 5.56 Å². The summed E-state index contributed by atoms with van der Waals surface area (Å²) >= 11 is 5.80. The van der Waals surface area contributed by atoms with E-state index in [9.17, 15) is 16.8 Å². The van der Waals surface area contributed by atoms with Crippen molar-refractivity contribution in [2.24, 2.45) is 0 Å². The van der Waals surface area contributed by atoms with Crippen molar-refractivity contribution in [1.29, 1.82) is 0 Å². The van der Waals surface area contributed by atoms with Crippen molar-refractivity contribution in [3.63, 3.8) is 0 Å². The fraction of sp³-hybridized carbons (Fsp3) is 0.0769. The molecule has 9 heteroatoms. The summed E-state index contributed by atoms with van der Waals surface area (Å²) in [5.41, 5.74) is 0.885. The van der Waals surface area contributed by atoms with Crippen LogP contribution in [0.3, 0.4) is 0 Å². The van der Waals surface area contributed by atoms with E-state index in [1.54, 1.807) is 18.2 Å². The molecule has 6 nitrogen and oxygen atoms in total. The summed E-state index contributed by atoms with van der Waals surface area (Å²) in [6.07, 6.45) is 0. The van der Waals surface area contributed by atoms with Crippen LogP contribution in [0.25, 0.3) is 0 Å². The second kappa shape index (κ2) is 6.35. The maximum atomic E-state index is 12.1. The van der Waals surface area contributed by atoms with Gasteiger partial charge in [-0.2, -0.15) is 0 Å². The number of hydrogen-bond donors (Lipinski definition) is 2. The molecule has 0 bridgehead atoms. The molecule has 0 saturated carbocycles. The highest BCUT2D eigenvalue weighted by Gasteiger charge is 2.21. The topological polar surface area (TPSA) is 92.3 Å². The average Bonchev–Trinajstić information content (AvgIpc) is 2.46. The Balaban J connectivity index is 2.22. The van der Waals surface area contributed by atoms with Crippen molar-refractivity contribution >= 4 is 31.6 Å². The zero-order chi connectivity index (χ0) is 16.4. The molecule has 118 valence electrons. The number of nitrogens with one attached hydrogen (secondary N) is 2. The van der Waals surface area contributed by atoms with Crippen LogP contribution in [-0.4, -0.2) is 16.8 Å². The Bertz CT molecular complexity index is 879. The Labute approximate surface area is 134 Å². The molecule has 0 amide bonds. The molecule has 0 aliphatic carbocycles. The maximum Gasteiger partial charge on any atom is 0.255 e. The lowest BCUT2D eigenvalue weighted by atomic mass is 10.2. The molecule has 0 fully saturated rings. The van der Waals surface area contributed by atoms with E-state index in [0.29, 0.717) is 0 Å². The van der Waals surface area contributed by atoms with E-state index >= 15 is 0 Å². The van der Waals surface area contributed by atoms with Gasteiger partial charge in [-0.05, 0) is 31.2 Å². The monoisotopic (exact) mass is 360 g/mol. The van der Waals surface area contributed by atoms with Gasteiger partial charge in [0.25, 0.3) is 20.0 Å². The van der Waals surface area contributed by atoms with Gasteiger partial charge in [-0.3, -0.25) is 0 Å². The molecule has 0 atom stereocenters. The van der Waals surface area contributed by atoms with Crippen molar-refractivity contribution in [3.8, 4) is 0 Å². The number of halogens is 1. The van der Waals surface area contributed by atoms with Crippen LogP contribution in [0.2, 0.25) is 5.02 Å². The first-order valence-electron chi connectivity index (χ1n) is 6.07. The predicted molar refractivity (Wildman–Crippen MR) is 83.3 cm³/mol. The number of aryl methyl sites for hydroxylation is 1. The molecule has 0 spiro atoms. The largest absolute Gasteiger partial charge is 0.255 e. The number of hydrazine groups is 1. The normalized spacial score (nSPS) is 12.3. The highest BCUT2D eigenvalue weighted by molar-refractivity contribution is 7.92. The van der Waals surface area contributed by atoms with Gasteiger partial charge < -0.3 is 0 Å². The van der Waals surface area contributed by atoms with Gasteiger partial charge in [0, 0.05) is 0 Å². The van der Waals surface area contributed by atoms with Gasteiger partial charge in [0.05, 0.1) is 9.92 Å². The zero-order valence-corrected chi connectivity index (χ0v) is 13.8. The molecule has 0 aliphatic rings. The van der Waals surface area contributed by atoms with Crippen LogP contribution < -0.4 is 9.66 Å². The molecular formula is C13H13ClN2O4S2. The molecule has 0 aliphatic heterocycles. The van der Waals surface area contributed by atoms with Crippen molar-refractivity contribution in [1.82, 2.24) is 9.66 Å². The number of rotatable bonds is 5. The molecule has 0 aromatic heterocycles. The minimum Gasteiger partial charge on any atom is -0.206 e. The van der Waals surface area contributed by atoms with Crippen LogP contribution in [0.1, 0.15) is 5.56 Å². The third-order valence-electron chi connectivity index (χ3n) is 2.77. The Morgan fingerprint density at radius 3 is 1.95 bits per heavy atom. The standard InChI is InChI=1S/C13H13ClN2O4S2/c1-10-6-8-11(9-7-10)21(17,18)15-16-22(19,20)13-5-3-2-4-12(13)14/h2-9,15-16H,1H3. The second-order valence-corrected chi connectivity index (χ2v) is 8.19. The number of sulfonamides is 2. The third-order valence-corrected chi connectivity index (χ3v) is 5.91. The fourth-order valence-electron chi connectivity index (χ4n) is 1.60. The smallest absolute Gasteiger partial charge is 0.206 e. The summed E-state index contributed by atoms with van der Waals surface area (Å²) in [4.78, 5) is 3.38. The van der Waals surface area contributed by atoms with E-state index in [4.69, 9.17) is 11.6 Å². The lowest BCUT2D eigenvalue weighted by molar-refractivity contribution is 0.557. The summed E-state index contributed by atoms with van der Waals surface area (Å²) in [5.74, 6) is 0. The molecule has 2 aromatic rings. The van der Waals surface area contributed by atoms with Crippen LogP contribution in [0, 0.1) is 6.92 Å². The molecule has 0 unspecified atom stereocenters. The van der Waals surface area contributed by atoms with Crippen LogP contribution in [0.5, 0.6) is 0 Å². The number of hydrogen-bond acceptors (Lipinski definition) is 4. The molecule has 0 radical (unpaired) electrons.